The molecule has 0 aromatic heterocycles. The molecule has 0 unspecified atom stereocenters. The molecule has 0 spiro atoms. The molecule has 7 heteroatoms. The zero-order chi connectivity index (χ0) is 17.5. The van der Waals surface area contributed by atoms with Crippen LogP contribution in [0, 0.1) is 11.7 Å². The number of halogens is 1. The van der Waals surface area contributed by atoms with Crippen LogP contribution in [0.2, 0.25) is 0 Å². The van der Waals surface area contributed by atoms with Crippen LogP contribution >= 0.6 is 0 Å². The van der Waals surface area contributed by atoms with Gasteiger partial charge in [0.25, 0.3) is 0 Å². The molecule has 1 aromatic carbocycles. The number of nitrogens with zero attached hydrogens (tertiary/aromatic N) is 2. The molecular weight excluding hydrogens is 313 g/mol. The molecular formula is C17H24FN3O3. The molecule has 1 N–H and O–H groups in total. The highest BCUT2D eigenvalue weighted by Gasteiger charge is 2.28. The van der Waals surface area contributed by atoms with Gasteiger partial charge in [0, 0.05) is 46.7 Å². The minimum atomic E-state index is -0.299. The smallest absolute Gasteiger partial charge is 0.225 e. The fourth-order valence-corrected chi connectivity index (χ4v) is 2.76. The van der Waals surface area contributed by atoms with E-state index in [1.54, 1.807) is 24.1 Å². The molecule has 0 aliphatic carbocycles. The highest BCUT2D eigenvalue weighted by molar-refractivity contribution is 5.80. The number of carbonyl (C=O) groups is 2. The van der Waals surface area contributed by atoms with Gasteiger partial charge in [0.05, 0.1) is 5.92 Å². The minimum absolute atomic E-state index is 0.0201. The number of nitrogens with one attached hydrogen (secondary N) is 1. The molecule has 1 saturated heterocycles. The van der Waals surface area contributed by atoms with Gasteiger partial charge in [-0.05, 0) is 24.3 Å². The lowest BCUT2D eigenvalue weighted by Crippen LogP contribution is -2.41. The number of hydrogen-bond donors (Lipinski definition) is 1. The fraction of sp³-hybridized carbons (Fsp3) is 0.529. The summed E-state index contributed by atoms with van der Waals surface area (Å²) in [6, 6.07) is 5.88. The van der Waals surface area contributed by atoms with Crippen LogP contribution in [-0.4, -0.2) is 68.0 Å². The molecule has 132 valence electrons. The lowest BCUT2D eigenvalue weighted by molar-refractivity contribution is -0.130. The van der Waals surface area contributed by atoms with Crippen molar-refractivity contribution in [2.75, 3.05) is 46.4 Å². The largest absolute Gasteiger partial charge is 0.492 e. The minimum Gasteiger partial charge on any atom is -0.492 e. The van der Waals surface area contributed by atoms with Crippen LogP contribution in [0.15, 0.2) is 24.3 Å². The molecule has 1 aromatic rings. The van der Waals surface area contributed by atoms with Gasteiger partial charge in [0.15, 0.2) is 0 Å². The Morgan fingerprint density at radius 2 is 1.96 bits per heavy atom. The van der Waals surface area contributed by atoms with Gasteiger partial charge in [-0.25, -0.2) is 4.39 Å². The average Bonchev–Trinajstić information content (AvgIpc) is 2.79. The van der Waals surface area contributed by atoms with Crippen molar-refractivity contribution in [2.45, 2.75) is 6.92 Å². The maximum atomic E-state index is 12.9. The highest BCUT2D eigenvalue weighted by Crippen LogP contribution is 2.13. The number of ether oxygens (including phenoxy) is 1. The van der Waals surface area contributed by atoms with E-state index >= 15 is 0 Å². The SMILES string of the molecule is CNC(=O)[C@H]1CN(CCOc2ccc(F)cc2)CCN(C(C)=O)C1. The lowest BCUT2D eigenvalue weighted by atomic mass is 10.1. The quantitative estimate of drug-likeness (QED) is 0.861. The molecule has 2 amide bonds. The van der Waals surface area contributed by atoms with Crippen LogP contribution in [-0.2, 0) is 9.59 Å². The second-order valence-electron chi connectivity index (χ2n) is 5.88. The van der Waals surface area contributed by atoms with E-state index in [2.05, 4.69) is 10.2 Å². The second kappa shape index (κ2) is 8.63. The molecule has 0 saturated carbocycles. The fourth-order valence-electron chi connectivity index (χ4n) is 2.76. The molecule has 24 heavy (non-hydrogen) atoms. The standard InChI is InChI=1S/C17H24FN3O3/c1-13(22)21-8-7-20(11-14(12-21)17(23)19-2)9-10-24-16-5-3-15(18)4-6-16/h3-6,14H,7-12H2,1-2H3,(H,19,23)/t14-/m0/s1. The molecule has 0 bridgehead atoms. The van der Waals surface area contributed by atoms with Gasteiger partial charge >= 0.3 is 0 Å². The van der Waals surface area contributed by atoms with Gasteiger partial charge in [0.2, 0.25) is 11.8 Å². The first-order valence-corrected chi connectivity index (χ1v) is 8.07. The Labute approximate surface area is 141 Å². The van der Waals surface area contributed by atoms with Gasteiger partial charge in [-0.2, -0.15) is 0 Å². The summed E-state index contributed by atoms with van der Waals surface area (Å²) in [7, 11) is 1.60. The van der Waals surface area contributed by atoms with E-state index in [1.165, 1.54) is 19.1 Å². The molecule has 1 aliphatic heterocycles. The van der Waals surface area contributed by atoms with Crippen LogP contribution in [0.3, 0.4) is 0 Å². The first kappa shape index (κ1) is 18.2. The molecule has 2 rings (SSSR count). The van der Waals surface area contributed by atoms with E-state index in [0.29, 0.717) is 45.1 Å². The van der Waals surface area contributed by atoms with E-state index in [0.717, 1.165) is 0 Å². The summed E-state index contributed by atoms with van der Waals surface area (Å²) >= 11 is 0. The van der Waals surface area contributed by atoms with E-state index in [4.69, 9.17) is 4.74 Å². The molecule has 1 heterocycles. The van der Waals surface area contributed by atoms with Gasteiger partial charge in [-0.15, -0.1) is 0 Å². The molecule has 1 aliphatic rings. The lowest BCUT2D eigenvalue weighted by Gasteiger charge is -2.22. The van der Waals surface area contributed by atoms with E-state index in [9.17, 15) is 14.0 Å². The Morgan fingerprint density at radius 1 is 1.25 bits per heavy atom. The third kappa shape index (κ3) is 5.19. The maximum Gasteiger partial charge on any atom is 0.225 e. The second-order valence-corrected chi connectivity index (χ2v) is 5.88. The Morgan fingerprint density at radius 3 is 2.58 bits per heavy atom. The zero-order valence-corrected chi connectivity index (χ0v) is 14.1. The summed E-state index contributed by atoms with van der Waals surface area (Å²) in [5.41, 5.74) is 0. The summed E-state index contributed by atoms with van der Waals surface area (Å²) in [6.45, 7) is 4.90. The third-order valence-electron chi connectivity index (χ3n) is 4.16. The predicted molar refractivity (Wildman–Crippen MR) is 88.1 cm³/mol. The zero-order valence-electron chi connectivity index (χ0n) is 14.1. The van der Waals surface area contributed by atoms with Crippen LogP contribution in [0.25, 0.3) is 0 Å². The van der Waals surface area contributed by atoms with Crippen molar-refractivity contribution in [2.24, 2.45) is 5.92 Å². The Balaban J connectivity index is 1.89. The summed E-state index contributed by atoms with van der Waals surface area (Å²) in [6.07, 6.45) is 0. The number of amides is 2. The van der Waals surface area contributed by atoms with Crippen LogP contribution in [0.5, 0.6) is 5.75 Å². The summed E-state index contributed by atoms with van der Waals surface area (Å²) < 4.78 is 18.5. The molecule has 1 atom stereocenters. The van der Waals surface area contributed by atoms with Gasteiger partial charge in [-0.3, -0.25) is 14.5 Å². The Kier molecular flexibility index (Phi) is 6.54. The van der Waals surface area contributed by atoms with Crippen molar-refractivity contribution in [1.29, 1.82) is 0 Å². The van der Waals surface area contributed by atoms with E-state index in [1.807, 2.05) is 0 Å². The monoisotopic (exact) mass is 337 g/mol. The van der Waals surface area contributed by atoms with Gasteiger partial charge in [0.1, 0.15) is 18.2 Å². The van der Waals surface area contributed by atoms with Crippen molar-refractivity contribution in [3.8, 4) is 5.75 Å². The molecule has 6 nitrogen and oxygen atoms in total. The molecule has 0 radical (unpaired) electrons. The summed E-state index contributed by atoms with van der Waals surface area (Å²) in [5, 5.41) is 2.66. The topological polar surface area (TPSA) is 61.9 Å². The summed E-state index contributed by atoms with van der Waals surface area (Å²) in [5.74, 6) is -0.0276. The number of carbonyl (C=O) groups excluding carboxylic acids is 2. The Hall–Kier alpha value is -2.15. The summed E-state index contributed by atoms with van der Waals surface area (Å²) in [4.78, 5) is 27.5. The number of hydrogen-bond acceptors (Lipinski definition) is 4. The Bertz CT molecular complexity index is 565. The van der Waals surface area contributed by atoms with Crippen molar-refractivity contribution in [3.63, 3.8) is 0 Å². The third-order valence-corrected chi connectivity index (χ3v) is 4.16. The van der Waals surface area contributed by atoms with Crippen LogP contribution in [0.1, 0.15) is 6.92 Å². The van der Waals surface area contributed by atoms with Crippen molar-refractivity contribution in [3.05, 3.63) is 30.1 Å². The van der Waals surface area contributed by atoms with Crippen molar-refractivity contribution >= 4 is 11.8 Å². The number of rotatable bonds is 5. The van der Waals surface area contributed by atoms with E-state index in [-0.39, 0.29) is 23.5 Å². The molecule has 1 fully saturated rings. The van der Waals surface area contributed by atoms with Crippen LogP contribution in [0.4, 0.5) is 4.39 Å². The van der Waals surface area contributed by atoms with Gasteiger partial charge < -0.3 is 15.0 Å². The predicted octanol–water partition coefficient (Wildman–Crippen LogP) is 0.731. The normalized spacial score (nSPS) is 18.8. The number of benzene rings is 1. The van der Waals surface area contributed by atoms with Crippen LogP contribution < -0.4 is 10.1 Å². The first-order valence-electron chi connectivity index (χ1n) is 8.07. The van der Waals surface area contributed by atoms with Crippen molar-refractivity contribution < 1.29 is 18.7 Å². The average molecular weight is 337 g/mol. The van der Waals surface area contributed by atoms with Gasteiger partial charge in [-0.1, -0.05) is 0 Å². The first-order chi connectivity index (χ1) is 11.5. The highest BCUT2D eigenvalue weighted by atomic mass is 19.1. The maximum absolute atomic E-state index is 12.9. The van der Waals surface area contributed by atoms with E-state index < -0.39 is 0 Å². The van der Waals surface area contributed by atoms with Crippen molar-refractivity contribution in [1.82, 2.24) is 15.1 Å².